The lowest BCUT2D eigenvalue weighted by molar-refractivity contribution is 0.154. The van der Waals surface area contributed by atoms with Crippen LogP contribution in [0.5, 0.6) is 0 Å². The standard InChI is InChI=1S/C17H14N4O3S/c18-9-12-8-15-11(10-20-12)5-7-21(15)25(23,24)16-3-1-2-14-13(16)4-6-19-17(14)22/h1-4,6,8,10,17,19,22H,5,7H2. The van der Waals surface area contributed by atoms with Crippen molar-refractivity contribution >= 4 is 21.8 Å². The van der Waals surface area contributed by atoms with Crippen LogP contribution in [0.2, 0.25) is 0 Å². The number of rotatable bonds is 2. The molecule has 3 heterocycles. The van der Waals surface area contributed by atoms with Crippen molar-refractivity contribution in [2.75, 3.05) is 10.8 Å². The molecule has 1 atom stereocenters. The Morgan fingerprint density at radius 1 is 1.40 bits per heavy atom. The van der Waals surface area contributed by atoms with E-state index in [2.05, 4.69) is 10.3 Å². The molecule has 0 fully saturated rings. The SMILES string of the molecule is N#Cc1cc2c(cn1)CCN2S(=O)(=O)c1cccc2c1C=CNC2O. The molecule has 2 N–H and O–H groups in total. The Morgan fingerprint density at radius 2 is 2.24 bits per heavy atom. The Morgan fingerprint density at radius 3 is 3.04 bits per heavy atom. The van der Waals surface area contributed by atoms with Crippen LogP contribution in [0.1, 0.15) is 28.6 Å². The van der Waals surface area contributed by atoms with Gasteiger partial charge in [0.1, 0.15) is 11.8 Å². The van der Waals surface area contributed by atoms with Gasteiger partial charge in [-0.2, -0.15) is 5.26 Å². The fourth-order valence-corrected chi connectivity index (χ4v) is 4.90. The number of pyridine rings is 1. The molecule has 0 saturated heterocycles. The number of fused-ring (bicyclic) bond motifs is 2. The number of hydrogen-bond donors (Lipinski definition) is 2. The van der Waals surface area contributed by atoms with Crippen LogP contribution in [0, 0.1) is 11.3 Å². The fourth-order valence-electron chi connectivity index (χ4n) is 3.18. The summed E-state index contributed by atoms with van der Waals surface area (Å²) in [6.45, 7) is 0.294. The van der Waals surface area contributed by atoms with Crippen LogP contribution in [0.15, 0.2) is 41.6 Å². The molecular formula is C17H14N4O3S. The molecule has 1 aromatic heterocycles. The number of nitriles is 1. The van der Waals surface area contributed by atoms with Gasteiger partial charge in [-0.15, -0.1) is 0 Å². The topological polar surface area (TPSA) is 106 Å². The fraction of sp³-hybridized carbons (Fsp3) is 0.176. The van der Waals surface area contributed by atoms with Crippen LogP contribution in [0.3, 0.4) is 0 Å². The quantitative estimate of drug-likeness (QED) is 0.841. The number of aliphatic hydroxyl groups excluding tert-OH is 1. The second kappa shape index (κ2) is 5.58. The Kier molecular flexibility index (Phi) is 3.49. The summed E-state index contributed by atoms with van der Waals surface area (Å²) in [5, 5.41) is 21.8. The molecule has 7 nitrogen and oxygen atoms in total. The maximum atomic E-state index is 13.3. The monoisotopic (exact) mass is 354 g/mol. The van der Waals surface area contributed by atoms with E-state index in [1.165, 1.54) is 22.6 Å². The summed E-state index contributed by atoms with van der Waals surface area (Å²) < 4.78 is 27.8. The first kappa shape index (κ1) is 15.6. The molecule has 1 aromatic carbocycles. The molecule has 4 rings (SSSR count). The lowest BCUT2D eigenvalue weighted by Gasteiger charge is -2.24. The van der Waals surface area contributed by atoms with Crippen LogP contribution < -0.4 is 9.62 Å². The third-order valence-electron chi connectivity index (χ3n) is 4.40. The zero-order valence-electron chi connectivity index (χ0n) is 13.0. The summed E-state index contributed by atoms with van der Waals surface area (Å²) in [6, 6.07) is 8.27. The summed E-state index contributed by atoms with van der Waals surface area (Å²) in [5.74, 6) is 0. The average Bonchev–Trinajstić information content (AvgIpc) is 3.05. The van der Waals surface area contributed by atoms with Gasteiger partial charge in [-0.25, -0.2) is 13.4 Å². The minimum Gasteiger partial charge on any atom is -0.369 e. The van der Waals surface area contributed by atoms with Gasteiger partial charge in [0.2, 0.25) is 0 Å². The predicted molar refractivity (Wildman–Crippen MR) is 90.8 cm³/mol. The molecule has 0 spiro atoms. The maximum absolute atomic E-state index is 13.3. The van der Waals surface area contributed by atoms with Gasteiger partial charge in [0.05, 0.1) is 10.6 Å². The molecule has 0 saturated carbocycles. The molecule has 8 heteroatoms. The normalized spacial score (nSPS) is 18.2. The number of benzene rings is 1. The third-order valence-corrected chi connectivity index (χ3v) is 6.27. The summed E-state index contributed by atoms with van der Waals surface area (Å²) in [6.07, 6.45) is 4.32. The molecule has 2 aromatic rings. The molecule has 25 heavy (non-hydrogen) atoms. The van der Waals surface area contributed by atoms with E-state index < -0.39 is 16.3 Å². The first-order valence-corrected chi connectivity index (χ1v) is 9.12. The second-order valence-corrected chi connectivity index (χ2v) is 7.63. The van der Waals surface area contributed by atoms with Crippen molar-refractivity contribution in [1.29, 1.82) is 5.26 Å². The van der Waals surface area contributed by atoms with E-state index in [0.717, 1.165) is 5.56 Å². The van der Waals surface area contributed by atoms with E-state index in [-0.39, 0.29) is 10.6 Å². The van der Waals surface area contributed by atoms with E-state index in [9.17, 15) is 13.5 Å². The second-order valence-electron chi connectivity index (χ2n) is 5.80. The van der Waals surface area contributed by atoms with Crippen LogP contribution in [-0.2, 0) is 16.4 Å². The summed E-state index contributed by atoms with van der Waals surface area (Å²) in [4.78, 5) is 4.13. The van der Waals surface area contributed by atoms with Gasteiger partial charge in [-0.3, -0.25) is 4.31 Å². The number of aromatic nitrogens is 1. The zero-order chi connectivity index (χ0) is 17.6. The summed E-state index contributed by atoms with van der Waals surface area (Å²) in [7, 11) is -3.84. The Labute approximate surface area is 144 Å². The summed E-state index contributed by atoms with van der Waals surface area (Å²) >= 11 is 0. The smallest absolute Gasteiger partial charge is 0.264 e. The molecule has 0 aliphatic carbocycles. The highest BCUT2D eigenvalue weighted by Gasteiger charge is 2.34. The van der Waals surface area contributed by atoms with Gasteiger partial charge in [-0.05, 0) is 36.4 Å². The molecule has 0 amide bonds. The van der Waals surface area contributed by atoms with Gasteiger partial charge in [0.15, 0.2) is 6.23 Å². The number of anilines is 1. The number of sulfonamides is 1. The van der Waals surface area contributed by atoms with Gasteiger partial charge in [-0.1, -0.05) is 12.1 Å². The summed E-state index contributed by atoms with van der Waals surface area (Å²) in [5.41, 5.74) is 2.44. The third kappa shape index (κ3) is 2.36. The number of nitrogens with zero attached hydrogens (tertiary/aromatic N) is 3. The van der Waals surface area contributed by atoms with Crippen molar-refractivity contribution in [3.8, 4) is 6.07 Å². The zero-order valence-corrected chi connectivity index (χ0v) is 13.9. The minimum atomic E-state index is -3.84. The highest BCUT2D eigenvalue weighted by molar-refractivity contribution is 7.93. The lowest BCUT2D eigenvalue weighted by atomic mass is 10.0. The van der Waals surface area contributed by atoms with Crippen molar-refractivity contribution < 1.29 is 13.5 Å². The van der Waals surface area contributed by atoms with E-state index in [1.54, 1.807) is 24.4 Å². The highest BCUT2D eigenvalue weighted by Crippen LogP contribution is 2.36. The molecule has 0 radical (unpaired) electrons. The van der Waals surface area contributed by atoms with E-state index in [4.69, 9.17) is 5.26 Å². The minimum absolute atomic E-state index is 0.130. The van der Waals surface area contributed by atoms with E-state index >= 15 is 0 Å². The Bertz CT molecular complexity index is 1040. The van der Waals surface area contributed by atoms with Crippen molar-refractivity contribution in [2.24, 2.45) is 0 Å². The van der Waals surface area contributed by atoms with Gasteiger partial charge >= 0.3 is 0 Å². The van der Waals surface area contributed by atoms with E-state index in [1.807, 2.05) is 6.07 Å². The van der Waals surface area contributed by atoms with Crippen LogP contribution >= 0.6 is 0 Å². The van der Waals surface area contributed by atoms with Crippen LogP contribution in [-0.4, -0.2) is 25.1 Å². The molecular weight excluding hydrogens is 340 g/mol. The average molecular weight is 354 g/mol. The van der Waals surface area contributed by atoms with Crippen LogP contribution in [0.25, 0.3) is 6.08 Å². The van der Waals surface area contributed by atoms with Crippen LogP contribution in [0.4, 0.5) is 5.69 Å². The predicted octanol–water partition coefficient (Wildman–Crippen LogP) is 1.27. The van der Waals surface area contributed by atoms with Crippen molar-refractivity contribution in [1.82, 2.24) is 10.3 Å². The first-order valence-electron chi connectivity index (χ1n) is 7.68. The van der Waals surface area contributed by atoms with Gasteiger partial charge < -0.3 is 10.4 Å². The maximum Gasteiger partial charge on any atom is 0.264 e. The number of hydrogen-bond acceptors (Lipinski definition) is 6. The molecule has 2 aliphatic rings. The molecule has 1 unspecified atom stereocenters. The molecule has 2 aliphatic heterocycles. The first-order chi connectivity index (χ1) is 12.0. The Balaban J connectivity index is 1.86. The largest absolute Gasteiger partial charge is 0.369 e. The number of aliphatic hydroxyl groups is 1. The highest BCUT2D eigenvalue weighted by atomic mass is 32.2. The lowest BCUT2D eigenvalue weighted by Crippen LogP contribution is -2.31. The van der Waals surface area contributed by atoms with Crippen molar-refractivity contribution in [3.63, 3.8) is 0 Å². The Hall–Kier alpha value is -2.89. The van der Waals surface area contributed by atoms with Crippen molar-refractivity contribution in [3.05, 3.63) is 59.0 Å². The van der Waals surface area contributed by atoms with Crippen molar-refractivity contribution in [2.45, 2.75) is 17.5 Å². The van der Waals surface area contributed by atoms with Gasteiger partial charge in [0.25, 0.3) is 10.0 Å². The molecule has 0 bridgehead atoms. The number of nitrogens with one attached hydrogen (secondary N) is 1. The molecule has 126 valence electrons. The van der Waals surface area contributed by atoms with E-state index in [0.29, 0.717) is 29.8 Å². The van der Waals surface area contributed by atoms with Gasteiger partial charge in [0, 0.05) is 23.9 Å².